The third kappa shape index (κ3) is 2.17. The Morgan fingerprint density at radius 2 is 2.20 bits per heavy atom. The number of nitrogens with zero attached hydrogens (tertiary/aromatic N) is 4. The lowest BCUT2D eigenvalue weighted by atomic mass is 10.1. The van der Waals surface area contributed by atoms with Gasteiger partial charge in [-0.1, -0.05) is 22.9 Å². The molecule has 0 unspecified atom stereocenters. The summed E-state index contributed by atoms with van der Waals surface area (Å²) in [5.41, 5.74) is 1.71. The van der Waals surface area contributed by atoms with E-state index >= 15 is 0 Å². The predicted octanol–water partition coefficient (Wildman–Crippen LogP) is 1.05. The molecule has 1 aliphatic rings. The summed E-state index contributed by atoms with van der Waals surface area (Å²) in [4.78, 5) is 13.7. The van der Waals surface area contributed by atoms with Crippen molar-refractivity contribution < 1.29 is 9.90 Å². The summed E-state index contributed by atoms with van der Waals surface area (Å²) in [5, 5.41) is 17.8. The minimum atomic E-state index is -0.428. The monoisotopic (exact) mass is 292 g/mol. The fourth-order valence-corrected chi connectivity index (χ4v) is 2.34. The molecule has 1 aromatic heterocycles. The van der Waals surface area contributed by atoms with E-state index in [0.717, 1.165) is 5.69 Å². The van der Waals surface area contributed by atoms with Gasteiger partial charge < -0.3 is 10.0 Å². The van der Waals surface area contributed by atoms with Gasteiger partial charge in [-0.25, -0.2) is 4.68 Å². The molecule has 1 aliphatic heterocycles. The molecule has 2 aromatic rings. The molecular formula is C13H13ClN4O2. The Bertz CT molecular complexity index is 664. The highest BCUT2D eigenvalue weighted by molar-refractivity contribution is 6.30. The van der Waals surface area contributed by atoms with Crippen LogP contribution in [0, 0.1) is 6.92 Å². The van der Waals surface area contributed by atoms with Gasteiger partial charge in [0.25, 0.3) is 5.91 Å². The highest BCUT2D eigenvalue weighted by Gasteiger charge is 2.32. The Balaban J connectivity index is 1.91. The number of aromatic nitrogens is 3. The van der Waals surface area contributed by atoms with Gasteiger partial charge >= 0.3 is 0 Å². The van der Waals surface area contributed by atoms with Crippen LogP contribution in [0.15, 0.2) is 24.3 Å². The number of β-amino-alcohol motifs (C(OH)–C–C–N with tert-alkyl or cyclic N) is 1. The summed E-state index contributed by atoms with van der Waals surface area (Å²) in [6.07, 6.45) is -0.428. The van der Waals surface area contributed by atoms with E-state index in [2.05, 4.69) is 10.3 Å². The highest BCUT2D eigenvalue weighted by atomic mass is 35.5. The quantitative estimate of drug-likeness (QED) is 0.898. The Hall–Kier alpha value is -1.92. The van der Waals surface area contributed by atoms with Crippen LogP contribution < -0.4 is 0 Å². The molecule has 20 heavy (non-hydrogen) atoms. The molecule has 1 N–H and O–H groups in total. The van der Waals surface area contributed by atoms with E-state index < -0.39 is 6.10 Å². The molecule has 104 valence electrons. The number of aliphatic hydroxyl groups excluding tert-OH is 1. The van der Waals surface area contributed by atoms with Crippen LogP contribution in [-0.2, 0) is 0 Å². The van der Waals surface area contributed by atoms with Gasteiger partial charge in [0.1, 0.15) is 0 Å². The Morgan fingerprint density at radius 1 is 1.45 bits per heavy atom. The smallest absolute Gasteiger partial charge is 0.276 e. The van der Waals surface area contributed by atoms with Crippen LogP contribution in [0.3, 0.4) is 0 Å². The first kappa shape index (κ1) is 13.1. The molecule has 0 radical (unpaired) electrons. The van der Waals surface area contributed by atoms with Crippen LogP contribution in [0.5, 0.6) is 0 Å². The second-order valence-corrected chi connectivity index (χ2v) is 5.22. The summed E-state index contributed by atoms with van der Waals surface area (Å²) < 4.78 is 1.58. The van der Waals surface area contributed by atoms with Crippen molar-refractivity contribution in [2.24, 2.45) is 0 Å². The summed E-state index contributed by atoms with van der Waals surface area (Å²) >= 11 is 5.95. The van der Waals surface area contributed by atoms with E-state index in [9.17, 15) is 9.90 Å². The van der Waals surface area contributed by atoms with E-state index in [-0.39, 0.29) is 5.91 Å². The second kappa shape index (κ2) is 4.88. The van der Waals surface area contributed by atoms with E-state index in [1.54, 1.807) is 28.6 Å². The standard InChI is InChI=1S/C13H13ClN4O2/c1-8-12(13(20)17-6-11(19)7-17)15-16-18(8)10-4-2-3-9(14)5-10/h2-5,11,19H,6-7H2,1H3. The molecule has 0 spiro atoms. The van der Waals surface area contributed by atoms with Crippen molar-refractivity contribution >= 4 is 17.5 Å². The molecule has 1 saturated heterocycles. The van der Waals surface area contributed by atoms with Gasteiger partial charge in [0.2, 0.25) is 0 Å². The minimum Gasteiger partial charge on any atom is -0.389 e. The van der Waals surface area contributed by atoms with Crippen LogP contribution in [0.25, 0.3) is 5.69 Å². The maximum absolute atomic E-state index is 12.2. The normalized spacial score (nSPS) is 15.2. The molecule has 0 aliphatic carbocycles. The fraction of sp³-hybridized carbons (Fsp3) is 0.308. The van der Waals surface area contributed by atoms with E-state index in [4.69, 9.17) is 11.6 Å². The molecule has 1 amide bonds. The number of aliphatic hydroxyl groups is 1. The summed E-state index contributed by atoms with van der Waals surface area (Å²) in [5.74, 6) is -0.207. The average Bonchev–Trinajstić information content (AvgIpc) is 2.76. The molecule has 3 rings (SSSR count). The van der Waals surface area contributed by atoms with E-state index in [0.29, 0.717) is 29.5 Å². The zero-order chi connectivity index (χ0) is 14.3. The molecule has 2 heterocycles. The van der Waals surface area contributed by atoms with Crippen LogP contribution >= 0.6 is 11.6 Å². The van der Waals surface area contributed by atoms with Crippen molar-refractivity contribution in [3.63, 3.8) is 0 Å². The Labute approximate surface area is 120 Å². The van der Waals surface area contributed by atoms with E-state index in [1.807, 2.05) is 12.1 Å². The SMILES string of the molecule is Cc1c(C(=O)N2CC(O)C2)nnn1-c1cccc(Cl)c1. The van der Waals surface area contributed by atoms with Crippen molar-refractivity contribution in [3.8, 4) is 5.69 Å². The molecule has 1 fully saturated rings. The maximum Gasteiger partial charge on any atom is 0.276 e. The number of likely N-dealkylation sites (tertiary alicyclic amines) is 1. The van der Waals surface area contributed by atoms with Gasteiger partial charge in [-0.3, -0.25) is 4.79 Å². The fourth-order valence-electron chi connectivity index (χ4n) is 2.15. The molecule has 7 heteroatoms. The van der Waals surface area contributed by atoms with Crippen molar-refractivity contribution in [2.75, 3.05) is 13.1 Å². The largest absolute Gasteiger partial charge is 0.389 e. The van der Waals surface area contributed by atoms with Crippen LogP contribution in [0.2, 0.25) is 5.02 Å². The van der Waals surface area contributed by atoms with Crippen molar-refractivity contribution in [2.45, 2.75) is 13.0 Å². The first-order chi connectivity index (χ1) is 9.56. The van der Waals surface area contributed by atoms with Crippen molar-refractivity contribution in [1.29, 1.82) is 0 Å². The first-order valence-electron chi connectivity index (χ1n) is 6.22. The second-order valence-electron chi connectivity index (χ2n) is 4.78. The lowest BCUT2D eigenvalue weighted by Gasteiger charge is -2.35. The number of halogens is 1. The molecule has 0 saturated carbocycles. The first-order valence-corrected chi connectivity index (χ1v) is 6.59. The lowest BCUT2D eigenvalue weighted by Crippen LogP contribution is -2.53. The van der Waals surface area contributed by atoms with Gasteiger partial charge in [-0.2, -0.15) is 0 Å². The zero-order valence-electron chi connectivity index (χ0n) is 10.8. The zero-order valence-corrected chi connectivity index (χ0v) is 11.6. The number of carbonyl (C=O) groups excluding carboxylic acids is 1. The summed E-state index contributed by atoms with van der Waals surface area (Å²) in [6, 6.07) is 7.18. The van der Waals surface area contributed by atoms with E-state index in [1.165, 1.54) is 0 Å². The number of hydrogen-bond donors (Lipinski definition) is 1. The Kier molecular flexibility index (Phi) is 3.19. The van der Waals surface area contributed by atoms with Gasteiger partial charge in [0.15, 0.2) is 5.69 Å². The summed E-state index contributed by atoms with van der Waals surface area (Å²) in [7, 11) is 0. The van der Waals surface area contributed by atoms with Gasteiger partial charge in [0, 0.05) is 18.1 Å². The number of carbonyl (C=O) groups is 1. The predicted molar refractivity (Wildman–Crippen MR) is 73.0 cm³/mol. The van der Waals surface area contributed by atoms with Crippen molar-refractivity contribution in [1.82, 2.24) is 19.9 Å². The summed E-state index contributed by atoms with van der Waals surface area (Å²) in [6.45, 7) is 2.48. The highest BCUT2D eigenvalue weighted by Crippen LogP contribution is 2.19. The van der Waals surface area contributed by atoms with Gasteiger partial charge in [-0.15, -0.1) is 5.10 Å². The third-order valence-electron chi connectivity index (χ3n) is 3.30. The Morgan fingerprint density at radius 3 is 2.85 bits per heavy atom. The molecule has 0 bridgehead atoms. The number of hydrogen-bond acceptors (Lipinski definition) is 4. The molecule has 1 aromatic carbocycles. The van der Waals surface area contributed by atoms with Crippen LogP contribution in [0.1, 0.15) is 16.2 Å². The number of benzene rings is 1. The number of rotatable bonds is 2. The molecular weight excluding hydrogens is 280 g/mol. The van der Waals surface area contributed by atoms with Gasteiger partial charge in [0.05, 0.1) is 17.5 Å². The maximum atomic E-state index is 12.2. The van der Waals surface area contributed by atoms with Crippen LogP contribution in [0.4, 0.5) is 0 Å². The number of amides is 1. The average molecular weight is 293 g/mol. The molecule has 6 nitrogen and oxygen atoms in total. The van der Waals surface area contributed by atoms with Crippen LogP contribution in [-0.4, -0.2) is 50.1 Å². The van der Waals surface area contributed by atoms with Gasteiger partial charge in [-0.05, 0) is 25.1 Å². The molecule has 0 atom stereocenters. The minimum absolute atomic E-state index is 0.207. The topological polar surface area (TPSA) is 71.2 Å². The van der Waals surface area contributed by atoms with Crippen molar-refractivity contribution in [3.05, 3.63) is 40.7 Å². The third-order valence-corrected chi connectivity index (χ3v) is 3.53. The lowest BCUT2D eigenvalue weighted by molar-refractivity contribution is 0.00544.